The van der Waals surface area contributed by atoms with Gasteiger partial charge < -0.3 is 14.6 Å². The molecule has 1 atom stereocenters. The lowest BCUT2D eigenvalue weighted by Crippen LogP contribution is -2.23. The summed E-state index contributed by atoms with van der Waals surface area (Å²) >= 11 is 0. The summed E-state index contributed by atoms with van der Waals surface area (Å²) in [6.45, 7) is 3.51. The largest absolute Gasteiger partial charge is 0.480 e. The third-order valence-electron chi connectivity index (χ3n) is 5.15. The number of esters is 1. The van der Waals surface area contributed by atoms with Crippen molar-refractivity contribution in [2.45, 2.75) is 19.8 Å². The fourth-order valence-electron chi connectivity index (χ4n) is 3.96. The molecule has 0 aromatic heterocycles. The number of fused-ring (bicyclic) bond motifs is 2. The van der Waals surface area contributed by atoms with Gasteiger partial charge in [-0.05, 0) is 47.0 Å². The highest BCUT2D eigenvalue weighted by Crippen LogP contribution is 2.45. The highest BCUT2D eigenvalue weighted by molar-refractivity contribution is 6.05. The number of aliphatic hydroxyl groups is 1. The zero-order valence-electron chi connectivity index (χ0n) is 16.1. The predicted octanol–water partition coefficient (Wildman–Crippen LogP) is 5.24. The molecule has 3 aromatic rings. The average molecular weight is 385 g/mol. The number of ether oxygens (including phenoxy) is 2. The molecule has 3 aromatic carbocycles. The van der Waals surface area contributed by atoms with Crippen molar-refractivity contribution >= 4 is 27.5 Å². The van der Waals surface area contributed by atoms with Crippen LogP contribution in [-0.2, 0) is 14.3 Å². The minimum Gasteiger partial charge on any atom is -0.480 e. The first-order valence-corrected chi connectivity index (χ1v) is 9.36. The van der Waals surface area contributed by atoms with Crippen molar-refractivity contribution in [2.24, 2.45) is 0 Å². The Balaban J connectivity index is 2.13. The Kier molecular flexibility index (Phi) is 4.69. The number of hydrogen-bond donors (Lipinski definition) is 1. The number of aliphatic hydroxyl groups excluding tert-OH is 1. The normalized spacial score (nSPS) is 16.7. The van der Waals surface area contributed by atoms with Crippen molar-refractivity contribution in [3.63, 3.8) is 0 Å². The van der Waals surface area contributed by atoms with Crippen molar-refractivity contribution in [2.75, 3.05) is 6.61 Å². The summed E-state index contributed by atoms with van der Waals surface area (Å²) in [6, 6.07) is 19.7. The lowest BCUT2D eigenvalue weighted by Gasteiger charge is -2.28. The smallest absolute Gasteiger partial charge is 0.338 e. The van der Waals surface area contributed by atoms with E-state index in [9.17, 15) is 15.2 Å². The van der Waals surface area contributed by atoms with Crippen LogP contribution in [0.1, 0.15) is 25.3 Å². The van der Waals surface area contributed by atoms with Crippen LogP contribution in [0.5, 0.6) is 0 Å². The number of hydrogen-bond acceptors (Lipinski definition) is 5. The Hall–Kier alpha value is -3.78. The molecule has 0 bridgehead atoms. The van der Waals surface area contributed by atoms with E-state index in [-0.39, 0.29) is 23.5 Å². The van der Waals surface area contributed by atoms with Gasteiger partial charge in [-0.2, -0.15) is 5.26 Å². The second kappa shape index (κ2) is 7.33. The molecule has 0 radical (unpaired) electrons. The minimum atomic E-state index is -0.802. The maximum Gasteiger partial charge on any atom is 0.338 e. The van der Waals surface area contributed by atoms with E-state index < -0.39 is 17.8 Å². The number of carbonyl (C=O) groups excluding carboxylic acids is 1. The molecule has 5 heteroatoms. The molecule has 0 saturated heterocycles. The molecular weight excluding hydrogens is 366 g/mol. The fourth-order valence-corrected chi connectivity index (χ4v) is 3.96. The summed E-state index contributed by atoms with van der Waals surface area (Å²) in [5, 5.41) is 24.0. The summed E-state index contributed by atoms with van der Waals surface area (Å²) in [7, 11) is 0. The Morgan fingerprint density at radius 3 is 2.28 bits per heavy atom. The summed E-state index contributed by atoms with van der Waals surface area (Å²) in [5.74, 6) is -1.63. The van der Waals surface area contributed by atoms with Gasteiger partial charge in [-0.15, -0.1) is 0 Å². The maximum absolute atomic E-state index is 12.9. The summed E-state index contributed by atoms with van der Waals surface area (Å²) in [4.78, 5) is 12.9. The Morgan fingerprint density at radius 2 is 1.72 bits per heavy atom. The summed E-state index contributed by atoms with van der Waals surface area (Å²) < 4.78 is 10.6. The summed E-state index contributed by atoms with van der Waals surface area (Å²) in [5.41, 5.74) is 0.982. The third kappa shape index (κ3) is 2.99. The molecule has 1 N–H and O–H groups in total. The van der Waals surface area contributed by atoms with Crippen LogP contribution in [0.25, 0.3) is 21.5 Å². The predicted molar refractivity (Wildman–Crippen MR) is 110 cm³/mol. The van der Waals surface area contributed by atoms with E-state index in [2.05, 4.69) is 6.07 Å². The molecule has 1 heterocycles. The molecule has 0 amide bonds. The van der Waals surface area contributed by atoms with Crippen LogP contribution in [-0.4, -0.2) is 17.7 Å². The Labute approximate surface area is 168 Å². The van der Waals surface area contributed by atoms with Gasteiger partial charge in [0.15, 0.2) is 0 Å². The van der Waals surface area contributed by atoms with Crippen molar-refractivity contribution in [3.05, 3.63) is 83.0 Å². The van der Waals surface area contributed by atoms with E-state index in [1.54, 1.807) is 13.8 Å². The molecule has 0 fully saturated rings. The van der Waals surface area contributed by atoms with Gasteiger partial charge in [-0.1, -0.05) is 48.5 Å². The summed E-state index contributed by atoms with van der Waals surface area (Å²) in [6.07, 6.45) is 0. The topological polar surface area (TPSA) is 79.6 Å². The number of carbonyl (C=O) groups is 1. The number of benzene rings is 3. The number of nitrogens with zero attached hydrogens (tertiary/aromatic N) is 1. The molecule has 5 nitrogen and oxygen atoms in total. The first-order valence-electron chi connectivity index (χ1n) is 9.36. The Bertz CT molecular complexity index is 1190. The van der Waals surface area contributed by atoms with Gasteiger partial charge in [-0.3, -0.25) is 0 Å². The van der Waals surface area contributed by atoms with Gasteiger partial charge in [0.05, 0.1) is 18.1 Å². The lowest BCUT2D eigenvalue weighted by molar-refractivity contribution is -0.139. The molecule has 0 aliphatic carbocycles. The zero-order chi connectivity index (χ0) is 20.5. The van der Waals surface area contributed by atoms with Gasteiger partial charge in [0.25, 0.3) is 5.95 Å². The fraction of sp³-hybridized carbons (Fsp3) is 0.167. The van der Waals surface area contributed by atoms with Crippen LogP contribution in [0.4, 0.5) is 0 Å². The highest BCUT2D eigenvalue weighted by Gasteiger charge is 2.38. The van der Waals surface area contributed by atoms with Crippen molar-refractivity contribution in [3.8, 4) is 6.07 Å². The quantitative estimate of drug-likeness (QED) is 0.493. The average Bonchev–Trinajstić information content (AvgIpc) is 2.71. The third-order valence-corrected chi connectivity index (χ3v) is 5.15. The number of nitriles is 1. The molecule has 1 aliphatic rings. The van der Waals surface area contributed by atoms with Gasteiger partial charge in [0.1, 0.15) is 17.4 Å². The van der Waals surface area contributed by atoms with E-state index in [0.717, 1.165) is 27.1 Å². The van der Waals surface area contributed by atoms with Crippen LogP contribution in [0.2, 0.25) is 0 Å². The standard InChI is InChI=1S/C24H19NO4/c1-3-28-24(27)20-14(2)29-23(26)19(13-25)22(20)21-17-10-6-4-8-15(17)12-16-9-5-7-11-18(16)21/h4-12,22,26H,3H2,1-2H3/t22-/m0/s1. The molecular formula is C24H19NO4. The van der Waals surface area contributed by atoms with E-state index in [4.69, 9.17) is 9.47 Å². The molecule has 1 aliphatic heterocycles. The molecule has 0 spiro atoms. The monoisotopic (exact) mass is 385 g/mol. The van der Waals surface area contributed by atoms with Crippen molar-refractivity contribution in [1.82, 2.24) is 0 Å². The van der Waals surface area contributed by atoms with E-state index in [1.807, 2.05) is 54.6 Å². The second-order valence-electron chi connectivity index (χ2n) is 6.79. The molecule has 144 valence electrons. The number of rotatable bonds is 3. The van der Waals surface area contributed by atoms with Crippen LogP contribution in [0.15, 0.2) is 77.4 Å². The van der Waals surface area contributed by atoms with Gasteiger partial charge in [-0.25, -0.2) is 4.79 Å². The van der Waals surface area contributed by atoms with Crippen LogP contribution in [0.3, 0.4) is 0 Å². The second-order valence-corrected chi connectivity index (χ2v) is 6.79. The van der Waals surface area contributed by atoms with Crippen LogP contribution >= 0.6 is 0 Å². The first-order chi connectivity index (χ1) is 14.1. The molecule has 0 saturated carbocycles. The number of allylic oxidation sites excluding steroid dienone is 2. The SMILES string of the molecule is CCOC(=O)C1=C(C)OC(O)=C(C#N)[C@@H]1c1c2ccccc2cc2ccccc12. The van der Waals surface area contributed by atoms with Gasteiger partial charge in [0, 0.05) is 0 Å². The van der Waals surface area contributed by atoms with E-state index in [1.165, 1.54) is 0 Å². The minimum absolute atomic E-state index is 0.0137. The van der Waals surface area contributed by atoms with E-state index in [0.29, 0.717) is 0 Å². The van der Waals surface area contributed by atoms with Gasteiger partial charge >= 0.3 is 5.97 Å². The van der Waals surface area contributed by atoms with Crippen molar-refractivity contribution < 1.29 is 19.4 Å². The van der Waals surface area contributed by atoms with Crippen LogP contribution < -0.4 is 0 Å². The lowest BCUT2D eigenvalue weighted by atomic mass is 9.79. The van der Waals surface area contributed by atoms with Gasteiger partial charge in [0.2, 0.25) is 0 Å². The van der Waals surface area contributed by atoms with Crippen molar-refractivity contribution in [1.29, 1.82) is 5.26 Å². The molecule has 0 unspecified atom stereocenters. The zero-order valence-corrected chi connectivity index (χ0v) is 16.1. The van der Waals surface area contributed by atoms with Crippen LogP contribution in [0, 0.1) is 11.3 Å². The van der Waals surface area contributed by atoms with E-state index >= 15 is 0 Å². The molecule has 29 heavy (non-hydrogen) atoms. The maximum atomic E-state index is 12.9. The molecule has 4 rings (SSSR count). The highest BCUT2D eigenvalue weighted by atomic mass is 16.6. The Morgan fingerprint density at radius 1 is 1.14 bits per heavy atom. The first kappa shape index (κ1) is 18.6.